The third kappa shape index (κ3) is 3.20. The van der Waals surface area contributed by atoms with E-state index in [4.69, 9.17) is 0 Å². The quantitative estimate of drug-likeness (QED) is 0.856. The maximum Gasteiger partial charge on any atom is 0.254 e. The number of carbonyl (C=O) groups is 1. The van der Waals surface area contributed by atoms with Crippen LogP contribution in [0.4, 0.5) is 4.39 Å². The number of rotatable bonds is 4. The van der Waals surface area contributed by atoms with Crippen molar-refractivity contribution in [2.45, 2.75) is 20.4 Å². The van der Waals surface area contributed by atoms with Crippen LogP contribution in [-0.4, -0.2) is 22.3 Å². The van der Waals surface area contributed by atoms with Gasteiger partial charge in [-0.2, -0.15) is 0 Å². The Hall–Kier alpha value is -2.23. The predicted octanol–water partition coefficient (Wildman–Crippen LogP) is 3.19. The Balaban J connectivity index is 2.21. The van der Waals surface area contributed by atoms with Crippen LogP contribution in [0.15, 0.2) is 42.6 Å². The molecule has 0 N–H and O–H groups in total. The van der Waals surface area contributed by atoms with Crippen molar-refractivity contribution >= 4 is 5.91 Å². The molecule has 0 radical (unpaired) electrons. The lowest BCUT2D eigenvalue weighted by atomic mass is 10.1. The van der Waals surface area contributed by atoms with Gasteiger partial charge in [0.05, 0.1) is 12.2 Å². The van der Waals surface area contributed by atoms with Gasteiger partial charge in [-0.3, -0.25) is 9.78 Å². The highest BCUT2D eigenvalue weighted by Crippen LogP contribution is 2.14. The smallest absolute Gasteiger partial charge is 0.254 e. The molecule has 0 aliphatic heterocycles. The average molecular weight is 272 g/mol. The van der Waals surface area contributed by atoms with Gasteiger partial charge in [-0.1, -0.05) is 6.07 Å². The summed E-state index contributed by atoms with van der Waals surface area (Å²) in [4.78, 5) is 18.4. The minimum Gasteiger partial charge on any atom is -0.333 e. The van der Waals surface area contributed by atoms with Crippen LogP contribution in [0.2, 0.25) is 0 Å². The van der Waals surface area contributed by atoms with E-state index in [1.165, 1.54) is 18.2 Å². The molecule has 0 bridgehead atoms. The van der Waals surface area contributed by atoms with Crippen LogP contribution in [0.3, 0.4) is 0 Å². The number of aromatic nitrogens is 1. The number of hydrogen-bond donors (Lipinski definition) is 0. The Labute approximate surface area is 118 Å². The summed E-state index contributed by atoms with van der Waals surface area (Å²) in [6.45, 7) is 4.68. The van der Waals surface area contributed by atoms with Crippen molar-refractivity contribution in [1.82, 2.24) is 9.88 Å². The minimum atomic E-state index is -0.327. The van der Waals surface area contributed by atoms with Gasteiger partial charge in [0.1, 0.15) is 5.82 Å². The normalized spacial score (nSPS) is 10.3. The van der Waals surface area contributed by atoms with Gasteiger partial charge in [-0.15, -0.1) is 0 Å². The second-order valence-corrected chi connectivity index (χ2v) is 4.60. The van der Waals surface area contributed by atoms with Crippen molar-refractivity contribution < 1.29 is 9.18 Å². The molecule has 3 nitrogen and oxygen atoms in total. The van der Waals surface area contributed by atoms with Crippen molar-refractivity contribution in [2.75, 3.05) is 6.54 Å². The molecule has 0 unspecified atom stereocenters. The van der Waals surface area contributed by atoms with E-state index in [-0.39, 0.29) is 11.7 Å². The fourth-order valence-corrected chi connectivity index (χ4v) is 2.05. The molecule has 0 aliphatic rings. The lowest BCUT2D eigenvalue weighted by Gasteiger charge is -2.21. The number of amides is 1. The van der Waals surface area contributed by atoms with Crippen molar-refractivity contribution in [2.24, 2.45) is 0 Å². The third-order valence-electron chi connectivity index (χ3n) is 3.17. The molecule has 104 valence electrons. The fraction of sp³-hybridized carbons (Fsp3) is 0.250. The second-order valence-electron chi connectivity index (χ2n) is 4.60. The highest BCUT2D eigenvalue weighted by molar-refractivity contribution is 5.95. The summed E-state index contributed by atoms with van der Waals surface area (Å²) in [6, 6.07) is 9.84. The minimum absolute atomic E-state index is 0.101. The van der Waals surface area contributed by atoms with E-state index in [9.17, 15) is 9.18 Å². The van der Waals surface area contributed by atoms with Gasteiger partial charge in [0.15, 0.2) is 0 Å². The molecule has 0 saturated heterocycles. The topological polar surface area (TPSA) is 33.2 Å². The molecule has 0 spiro atoms. The van der Waals surface area contributed by atoms with Crippen molar-refractivity contribution in [3.05, 3.63) is 65.2 Å². The SMILES string of the molecule is CCN(Cc1ccccn1)C(=O)c1ccc(F)cc1C. The van der Waals surface area contributed by atoms with Gasteiger partial charge in [-0.25, -0.2) is 4.39 Å². The number of carbonyl (C=O) groups excluding carboxylic acids is 1. The maximum absolute atomic E-state index is 13.1. The number of hydrogen-bond acceptors (Lipinski definition) is 2. The van der Waals surface area contributed by atoms with Crippen molar-refractivity contribution in [3.63, 3.8) is 0 Å². The van der Waals surface area contributed by atoms with E-state index in [0.717, 1.165) is 5.69 Å². The summed E-state index contributed by atoms with van der Waals surface area (Å²) in [6.07, 6.45) is 1.71. The largest absolute Gasteiger partial charge is 0.333 e. The van der Waals surface area contributed by atoms with E-state index < -0.39 is 0 Å². The summed E-state index contributed by atoms with van der Waals surface area (Å²) >= 11 is 0. The van der Waals surface area contributed by atoms with Gasteiger partial charge >= 0.3 is 0 Å². The van der Waals surface area contributed by atoms with Crippen LogP contribution in [0, 0.1) is 12.7 Å². The number of pyridine rings is 1. The summed E-state index contributed by atoms with van der Waals surface area (Å²) in [5, 5.41) is 0. The van der Waals surface area contributed by atoms with Crippen LogP contribution >= 0.6 is 0 Å². The number of aryl methyl sites for hydroxylation is 1. The Morgan fingerprint density at radius 2 is 2.10 bits per heavy atom. The number of halogens is 1. The first-order valence-corrected chi connectivity index (χ1v) is 6.57. The molecule has 20 heavy (non-hydrogen) atoms. The van der Waals surface area contributed by atoms with Crippen LogP contribution in [0.5, 0.6) is 0 Å². The lowest BCUT2D eigenvalue weighted by Crippen LogP contribution is -2.31. The Bertz CT molecular complexity index is 599. The second kappa shape index (κ2) is 6.28. The molecule has 2 aromatic rings. The van der Waals surface area contributed by atoms with E-state index in [1.54, 1.807) is 18.0 Å². The Morgan fingerprint density at radius 3 is 2.70 bits per heavy atom. The summed E-state index contributed by atoms with van der Waals surface area (Å²) in [5.41, 5.74) is 2.01. The van der Waals surface area contributed by atoms with E-state index in [0.29, 0.717) is 24.2 Å². The maximum atomic E-state index is 13.1. The molecule has 1 aromatic carbocycles. The highest BCUT2D eigenvalue weighted by Gasteiger charge is 2.17. The third-order valence-corrected chi connectivity index (χ3v) is 3.17. The number of nitrogens with zero attached hydrogens (tertiary/aromatic N) is 2. The van der Waals surface area contributed by atoms with Crippen molar-refractivity contribution in [3.8, 4) is 0 Å². The molecule has 1 heterocycles. The molecule has 0 atom stereocenters. The van der Waals surface area contributed by atoms with E-state index >= 15 is 0 Å². The zero-order valence-electron chi connectivity index (χ0n) is 11.6. The van der Waals surface area contributed by atoms with Crippen LogP contribution in [0.1, 0.15) is 28.5 Å². The molecular weight excluding hydrogens is 255 g/mol. The molecule has 4 heteroatoms. The monoisotopic (exact) mass is 272 g/mol. The molecule has 1 amide bonds. The highest BCUT2D eigenvalue weighted by atomic mass is 19.1. The Morgan fingerprint density at radius 1 is 1.30 bits per heavy atom. The first-order chi connectivity index (χ1) is 9.61. The zero-order valence-corrected chi connectivity index (χ0v) is 11.6. The standard InChI is InChI=1S/C16H17FN2O/c1-3-19(11-14-6-4-5-9-18-14)16(20)15-8-7-13(17)10-12(15)2/h4-10H,3,11H2,1-2H3. The molecule has 1 aromatic heterocycles. The van der Waals surface area contributed by atoms with Crippen LogP contribution in [0.25, 0.3) is 0 Å². The summed E-state index contributed by atoms with van der Waals surface area (Å²) in [5.74, 6) is -0.428. The first kappa shape index (κ1) is 14.2. The number of benzene rings is 1. The Kier molecular flexibility index (Phi) is 4.45. The van der Waals surface area contributed by atoms with E-state index in [1.807, 2.05) is 25.1 Å². The van der Waals surface area contributed by atoms with Crippen molar-refractivity contribution in [1.29, 1.82) is 0 Å². The average Bonchev–Trinajstić information content (AvgIpc) is 2.45. The van der Waals surface area contributed by atoms with Gasteiger partial charge in [-0.05, 0) is 49.7 Å². The van der Waals surface area contributed by atoms with Gasteiger partial charge in [0.2, 0.25) is 0 Å². The van der Waals surface area contributed by atoms with Gasteiger partial charge in [0, 0.05) is 18.3 Å². The van der Waals surface area contributed by atoms with Gasteiger partial charge in [0.25, 0.3) is 5.91 Å². The first-order valence-electron chi connectivity index (χ1n) is 6.57. The molecule has 0 aliphatic carbocycles. The van der Waals surface area contributed by atoms with Crippen LogP contribution < -0.4 is 0 Å². The van der Waals surface area contributed by atoms with Gasteiger partial charge < -0.3 is 4.90 Å². The molecule has 2 rings (SSSR count). The fourth-order valence-electron chi connectivity index (χ4n) is 2.05. The zero-order chi connectivity index (χ0) is 14.5. The lowest BCUT2D eigenvalue weighted by molar-refractivity contribution is 0.0750. The predicted molar refractivity (Wildman–Crippen MR) is 75.8 cm³/mol. The molecular formula is C16H17FN2O. The van der Waals surface area contributed by atoms with Crippen LogP contribution in [-0.2, 0) is 6.54 Å². The summed E-state index contributed by atoms with van der Waals surface area (Å²) < 4.78 is 13.1. The molecule has 0 fully saturated rings. The summed E-state index contributed by atoms with van der Waals surface area (Å²) in [7, 11) is 0. The van der Waals surface area contributed by atoms with E-state index in [2.05, 4.69) is 4.98 Å². The molecule has 0 saturated carbocycles.